The maximum Gasteiger partial charge on any atom is 0.353 e. The van der Waals surface area contributed by atoms with Gasteiger partial charge in [0.1, 0.15) is 10.5 Å². The van der Waals surface area contributed by atoms with Gasteiger partial charge < -0.3 is 0 Å². The predicted octanol–water partition coefficient (Wildman–Crippen LogP) is 1.39. The highest BCUT2D eigenvalue weighted by Gasteiger charge is 2.61. The van der Waals surface area contributed by atoms with Gasteiger partial charge in [-0.05, 0) is 0 Å². The van der Waals surface area contributed by atoms with Crippen LogP contribution >= 0.6 is 21.6 Å². The second kappa shape index (κ2) is 7.65. The zero-order valence-corrected chi connectivity index (χ0v) is 17.8. The third kappa shape index (κ3) is 3.53. The van der Waals surface area contributed by atoms with Crippen LogP contribution in [0, 0.1) is 20.2 Å². The highest BCUT2D eigenvalue weighted by molar-refractivity contribution is 8.77. The summed E-state index contributed by atoms with van der Waals surface area (Å²) in [6.45, 7) is 0. The van der Waals surface area contributed by atoms with Crippen molar-refractivity contribution in [3.05, 3.63) is 68.8 Å². The molecule has 0 aromatic carbocycles. The topological polar surface area (TPSA) is 155 Å². The Morgan fingerprint density at radius 1 is 0.750 bits per heavy atom. The van der Waals surface area contributed by atoms with E-state index in [1.54, 1.807) is 0 Å². The summed E-state index contributed by atoms with van der Waals surface area (Å²) in [5, 5.41) is 20.9. The van der Waals surface area contributed by atoms with Crippen LogP contribution in [0.25, 0.3) is 0 Å². The Balaban J connectivity index is 2.43. The van der Waals surface area contributed by atoms with E-state index in [1.807, 2.05) is 0 Å². The summed E-state index contributed by atoms with van der Waals surface area (Å²) in [6.07, 6.45) is 11.3. The molecule has 0 bridgehead atoms. The lowest BCUT2D eigenvalue weighted by Crippen LogP contribution is -2.53. The first-order valence-corrected chi connectivity index (χ1v) is 13.6. The van der Waals surface area contributed by atoms with Crippen molar-refractivity contribution in [3.63, 3.8) is 0 Å². The normalized spacial score (nSPS) is 32.4. The molecule has 0 amide bonds. The first-order chi connectivity index (χ1) is 12.8. The Morgan fingerprint density at radius 2 is 1.07 bits per heavy atom. The van der Waals surface area contributed by atoms with Crippen LogP contribution in [0.15, 0.2) is 48.6 Å². The summed E-state index contributed by atoms with van der Waals surface area (Å²) >= 11 is 0. The molecule has 10 nitrogen and oxygen atoms in total. The summed E-state index contributed by atoms with van der Waals surface area (Å²) < 4.78 is 48.9. The molecule has 0 heterocycles. The molecule has 0 aromatic heterocycles. The quantitative estimate of drug-likeness (QED) is 0.304. The van der Waals surface area contributed by atoms with Crippen molar-refractivity contribution in [1.29, 1.82) is 0 Å². The van der Waals surface area contributed by atoms with Gasteiger partial charge in [0.05, 0.1) is 0 Å². The van der Waals surface area contributed by atoms with Crippen LogP contribution in [0.2, 0.25) is 0 Å². The molecule has 154 valence electrons. The lowest BCUT2D eigenvalue weighted by atomic mass is 10.1. The molecule has 2 aliphatic carbocycles. The molecule has 0 saturated heterocycles. The van der Waals surface area contributed by atoms with Crippen LogP contribution in [0.4, 0.5) is 0 Å². The van der Waals surface area contributed by atoms with E-state index in [1.165, 1.54) is 36.5 Å². The molecular weight excluding hydrogens is 452 g/mol. The molecule has 0 aliphatic heterocycles. The largest absolute Gasteiger partial charge is 0.353 e. The Morgan fingerprint density at radius 3 is 1.32 bits per heavy atom. The van der Waals surface area contributed by atoms with Gasteiger partial charge >= 0.3 is 9.74 Å². The highest BCUT2D eigenvalue weighted by Crippen LogP contribution is 2.47. The van der Waals surface area contributed by atoms with Gasteiger partial charge in [0.15, 0.2) is 0 Å². The lowest BCUT2D eigenvalue weighted by Gasteiger charge is -2.31. The van der Waals surface area contributed by atoms with Crippen LogP contribution in [0.5, 0.6) is 0 Å². The predicted molar refractivity (Wildman–Crippen MR) is 108 cm³/mol. The Labute approximate surface area is 169 Å². The van der Waals surface area contributed by atoms with Crippen molar-refractivity contribution in [2.24, 2.45) is 0 Å². The summed E-state index contributed by atoms with van der Waals surface area (Å²) in [7, 11) is -7.02. The molecule has 14 heteroatoms. The van der Waals surface area contributed by atoms with Crippen LogP contribution in [0.3, 0.4) is 0 Å². The molecule has 0 saturated carbocycles. The highest BCUT2D eigenvalue weighted by atomic mass is 33.1. The van der Waals surface area contributed by atoms with Gasteiger partial charge in [0.25, 0.3) is 0 Å². The average Bonchev–Trinajstić information content (AvgIpc) is 2.57. The van der Waals surface area contributed by atoms with Crippen molar-refractivity contribution < 1.29 is 26.7 Å². The van der Waals surface area contributed by atoms with E-state index in [4.69, 9.17) is 0 Å². The van der Waals surface area contributed by atoms with Crippen molar-refractivity contribution in [3.8, 4) is 0 Å². The number of allylic oxidation sites excluding steroid dienone is 4. The minimum absolute atomic E-state index is 0.706. The minimum Gasteiger partial charge on any atom is -0.262 e. The van der Waals surface area contributed by atoms with Crippen LogP contribution in [-0.2, 0) is 19.7 Å². The molecule has 0 fully saturated rings. The van der Waals surface area contributed by atoms with E-state index in [-0.39, 0.29) is 0 Å². The molecule has 0 spiro atoms. The van der Waals surface area contributed by atoms with Crippen molar-refractivity contribution >= 4 is 41.3 Å². The Bertz CT molecular complexity index is 932. The van der Waals surface area contributed by atoms with Gasteiger partial charge in [0.2, 0.25) is 19.7 Å². The Hall–Kier alpha value is -1.64. The number of rotatable bonds is 7. The fourth-order valence-corrected chi connectivity index (χ4v) is 9.81. The van der Waals surface area contributed by atoms with Gasteiger partial charge in [-0.2, -0.15) is 0 Å². The molecule has 4 unspecified atom stereocenters. The fourth-order valence-electron chi connectivity index (χ4n) is 2.77. The number of sulfone groups is 2. The van der Waals surface area contributed by atoms with E-state index < -0.39 is 49.8 Å². The first-order valence-electron chi connectivity index (χ1n) is 7.53. The smallest absolute Gasteiger partial charge is 0.262 e. The second-order valence-corrected chi connectivity index (χ2v) is 13.0. The van der Waals surface area contributed by atoms with Gasteiger partial charge in [-0.3, -0.25) is 20.2 Å². The standard InChI is InChI=1S/C14H16N2O8S4/c1-27(21,22)13(15(17)18)9-5-3-7-11(13)25-26-12-8-4-6-10-14(12,16(19)20)28(2,23)24/h3-12H,1-2H3. The van der Waals surface area contributed by atoms with Crippen molar-refractivity contribution in [2.45, 2.75) is 20.2 Å². The number of nitrogens with zero attached hydrogens (tertiary/aromatic N) is 2. The molecule has 0 aromatic rings. The molecule has 2 rings (SSSR count). The fraction of sp³-hybridized carbons (Fsp3) is 0.429. The summed E-state index contributed by atoms with van der Waals surface area (Å²) in [5.41, 5.74) is 0. The zero-order chi connectivity index (χ0) is 21.4. The molecule has 28 heavy (non-hydrogen) atoms. The van der Waals surface area contributed by atoms with Crippen LogP contribution in [0.1, 0.15) is 0 Å². The minimum atomic E-state index is -4.22. The van der Waals surface area contributed by atoms with E-state index in [9.17, 15) is 37.1 Å². The molecule has 0 radical (unpaired) electrons. The monoisotopic (exact) mass is 468 g/mol. The van der Waals surface area contributed by atoms with Gasteiger partial charge in [-0.1, -0.05) is 58.0 Å². The number of hydrogen-bond donors (Lipinski definition) is 0. The number of hydrogen-bond acceptors (Lipinski definition) is 10. The zero-order valence-electron chi connectivity index (χ0n) is 14.6. The second-order valence-electron chi connectivity index (χ2n) is 6.08. The van der Waals surface area contributed by atoms with Crippen LogP contribution < -0.4 is 0 Å². The SMILES string of the molecule is CS(=O)(=O)C1([N+](=O)[O-])C=CC=CC1SSC1C=CC=CC1([N+](=O)[O-])S(C)(=O)=O. The summed E-state index contributed by atoms with van der Waals surface area (Å²) in [4.78, 5) is 16.6. The Kier molecular flexibility index (Phi) is 6.19. The van der Waals surface area contributed by atoms with Gasteiger partial charge in [-0.25, -0.2) is 16.8 Å². The summed E-state index contributed by atoms with van der Waals surface area (Å²) in [5.74, 6) is 0. The lowest BCUT2D eigenvalue weighted by molar-refractivity contribution is -0.524. The first kappa shape index (κ1) is 22.6. The third-order valence-corrected chi connectivity index (χ3v) is 11.2. The number of nitro groups is 2. The van der Waals surface area contributed by atoms with Gasteiger partial charge in [0, 0.05) is 34.5 Å². The van der Waals surface area contributed by atoms with E-state index in [0.29, 0.717) is 21.6 Å². The average molecular weight is 469 g/mol. The molecular formula is C14H16N2O8S4. The van der Waals surface area contributed by atoms with E-state index in [0.717, 1.165) is 24.7 Å². The van der Waals surface area contributed by atoms with Gasteiger partial charge in [-0.15, -0.1) is 0 Å². The summed E-state index contributed by atoms with van der Waals surface area (Å²) in [6, 6.07) is 0. The maximum atomic E-state index is 12.2. The van der Waals surface area contributed by atoms with Crippen molar-refractivity contribution in [2.75, 3.05) is 12.5 Å². The third-order valence-electron chi connectivity index (χ3n) is 4.30. The van der Waals surface area contributed by atoms with Crippen molar-refractivity contribution in [1.82, 2.24) is 0 Å². The molecule has 2 aliphatic rings. The van der Waals surface area contributed by atoms with E-state index >= 15 is 0 Å². The molecule has 0 N–H and O–H groups in total. The van der Waals surface area contributed by atoms with Crippen LogP contribution in [-0.4, -0.2) is 59.4 Å². The molecule has 4 atom stereocenters. The maximum absolute atomic E-state index is 12.2. The van der Waals surface area contributed by atoms with E-state index in [2.05, 4.69) is 0 Å².